The molecule has 558 valence electrons. The Bertz CT molecular complexity index is 4470. The Hall–Kier alpha value is -11.9. The Morgan fingerprint density at radius 3 is 1.35 bits per heavy atom. The van der Waals surface area contributed by atoms with Crippen LogP contribution in [-0.2, 0) is 0 Å². The predicted molar refractivity (Wildman–Crippen MR) is 429 cm³/mol. The molecule has 0 bridgehead atoms. The lowest BCUT2D eigenvalue weighted by Crippen LogP contribution is -2.11. The topological polar surface area (TPSA) is 483 Å². The van der Waals surface area contributed by atoms with E-state index in [1.807, 2.05) is 90.9 Å². The molecular formula is C74H85Cl5F3N23O. The molecule has 0 saturated heterocycles. The van der Waals surface area contributed by atoms with Crippen LogP contribution in [0.4, 0.5) is 53.8 Å². The number of hydrogen-bond donors (Lipinski definition) is 15. The number of halogens is 8. The van der Waals surface area contributed by atoms with Crippen LogP contribution in [0, 0.1) is 122 Å². The average molecular weight is 1550 g/mol. The first kappa shape index (κ1) is 92.1. The Morgan fingerprint density at radius 1 is 0.415 bits per heavy atom. The fraction of sp³-hybridized carbons (Fsp3) is 0.149. The smallest absolute Gasteiger partial charge is 0.220 e. The molecule has 0 unspecified atom stereocenters. The standard InChI is InChI=1S/C9H9N3.C8H11N3.C8H10N2O.C8H10N2.C6H6ClFN2.C6H5ClFN.2C6H7ClN2.C6H6ClN.C6H7FN2.C5H7N3/c1-6-5-7(9(10)11)3-4-8(6)12-2;1-5-4-6(8(10)11)2-3-7(5)9;1-5-4-6(8(9)10)2-3-7(5)11;1-6-3-2-4-7(5-6)8(9)10;1-3-5(8)2-4(7)6(9)10-3;1-4-6(8)5(7)2-3-9-4;1-4-2-5(7)9-6(8)3-4;1-4-2-3-5(7)6(8)9-4;1-5-2-3-8-6(7)4-5;1-4-2-6(8)9-3-5(4)7;1-4-2-3-7-5(6)8-4/h3-5H,1H3,(H3,10,11);2-4H,9H2,1H3,(H3,10,11);2-4,11H,1H3,(H3,9,10);2-5H,1H3,(H3,9,10);2H,1H3,(H2,9,10);2-3H,1H3;2*2-3H,1H3,(H2,8,9);2-4H,1H3;2-3H,1H3,(H2,8,9);2-3H,1H3,(H2,6,7,8). The van der Waals surface area contributed by atoms with Crippen molar-refractivity contribution in [2.75, 3.05) is 34.4 Å². The molecule has 0 radical (unpaired) electrons. The Labute approximate surface area is 639 Å². The van der Waals surface area contributed by atoms with Crippen LogP contribution in [0.1, 0.15) is 84.0 Å². The van der Waals surface area contributed by atoms with Crippen molar-refractivity contribution < 1.29 is 18.3 Å². The maximum atomic E-state index is 12.6. The molecule has 25 N–H and O–H groups in total. The zero-order chi connectivity index (χ0) is 80.7. The first-order valence-electron chi connectivity index (χ1n) is 30.8. The van der Waals surface area contributed by atoms with Gasteiger partial charge in [-0.15, -0.1) is 0 Å². The number of nitrogens with zero attached hydrogens (tertiary/aromatic N) is 9. The molecular weight excluding hydrogens is 1460 g/mol. The Morgan fingerprint density at radius 2 is 0.934 bits per heavy atom. The predicted octanol–water partition coefficient (Wildman–Crippen LogP) is 15.7. The number of phenols is 1. The van der Waals surface area contributed by atoms with Crippen molar-refractivity contribution in [1.29, 1.82) is 21.6 Å². The third-order valence-corrected chi connectivity index (χ3v) is 14.2. The quantitative estimate of drug-likeness (QED) is 0.0256. The minimum atomic E-state index is -0.431. The lowest BCUT2D eigenvalue weighted by atomic mass is 10.1. The average Bonchev–Trinajstić information content (AvgIpc) is 0.878. The number of anilines is 6. The number of benzene rings is 4. The van der Waals surface area contributed by atoms with E-state index in [2.05, 4.69) is 44.7 Å². The first-order chi connectivity index (χ1) is 49.5. The summed E-state index contributed by atoms with van der Waals surface area (Å²) < 4.78 is 37.5. The van der Waals surface area contributed by atoms with Crippen LogP contribution in [-0.4, -0.2) is 68.3 Å². The van der Waals surface area contributed by atoms with Gasteiger partial charge in [-0.1, -0.05) is 100.0 Å². The second-order valence-corrected chi connectivity index (χ2v) is 24.1. The number of nitrogens with one attached hydrogen (secondary N) is 4. The summed E-state index contributed by atoms with van der Waals surface area (Å²) in [6.45, 7) is 26.7. The summed E-state index contributed by atoms with van der Waals surface area (Å²) >= 11 is 27.5. The van der Waals surface area contributed by atoms with Gasteiger partial charge in [0.1, 0.15) is 74.3 Å². The van der Waals surface area contributed by atoms with E-state index in [4.69, 9.17) is 149 Å². The number of amidine groups is 4. The van der Waals surface area contributed by atoms with Gasteiger partial charge in [0.25, 0.3) is 0 Å². The lowest BCUT2D eigenvalue weighted by Gasteiger charge is -2.02. The number of hydrogen-bond acceptors (Lipinski definition) is 19. The molecule has 4 aromatic carbocycles. The fourth-order valence-electron chi connectivity index (χ4n) is 7.26. The van der Waals surface area contributed by atoms with Gasteiger partial charge in [-0.05, 0) is 213 Å². The first-order valence-corrected chi connectivity index (χ1v) is 32.7. The number of nitrogen functional groups attached to an aromatic ring is 10. The Kier molecular flexibility index (Phi) is 41.1. The lowest BCUT2D eigenvalue weighted by molar-refractivity contribution is 0.471. The van der Waals surface area contributed by atoms with Gasteiger partial charge < -0.3 is 62.4 Å². The molecule has 0 aliphatic heterocycles. The summed E-state index contributed by atoms with van der Waals surface area (Å²) in [5.41, 5.74) is 66.1. The minimum absolute atomic E-state index is 0.0214. The van der Waals surface area contributed by atoms with Crippen LogP contribution in [0.3, 0.4) is 0 Å². The molecule has 11 rings (SSSR count). The molecule has 0 spiro atoms. The van der Waals surface area contributed by atoms with Gasteiger partial charge in [0, 0.05) is 57.9 Å². The van der Waals surface area contributed by atoms with Crippen LogP contribution in [0.15, 0.2) is 164 Å². The molecule has 0 atom stereocenters. The van der Waals surface area contributed by atoms with Gasteiger partial charge in [0.2, 0.25) is 5.95 Å². The van der Waals surface area contributed by atoms with E-state index in [1.165, 1.54) is 31.3 Å². The number of aromatic hydroxyl groups is 1. The molecule has 32 heteroatoms. The van der Waals surface area contributed by atoms with Gasteiger partial charge >= 0.3 is 0 Å². The molecule has 11 aromatic rings. The number of nitrogens with two attached hydrogens (primary N) is 10. The molecule has 106 heavy (non-hydrogen) atoms. The number of aromatic nitrogens is 8. The van der Waals surface area contributed by atoms with Crippen molar-refractivity contribution in [2.24, 2.45) is 22.9 Å². The van der Waals surface area contributed by atoms with Gasteiger partial charge in [0.05, 0.1) is 39.2 Å². The van der Waals surface area contributed by atoms with Crippen LogP contribution < -0.4 is 57.3 Å². The summed E-state index contributed by atoms with van der Waals surface area (Å²) in [4.78, 5) is 33.2. The molecule has 24 nitrogen and oxygen atoms in total. The summed E-state index contributed by atoms with van der Waals surface area (Å²) in [5, 5.41) is 39.4. The second kappa shape index (κ2) is 47.4. The molecule has 7 aromatic heterocycles. The monoisotopic (exact) mass is 1540 g/mol. The molecule has 7 heterocycles. The van der Waals surface area contributed by atoms with E-state index >= 15 is 0 Å². The molecule has 0 aliphatic carbocycles. The largest absolute Gasteiger partial charge is 0.508 e. The van der Waals surface area contributed by atoms with Crippen molar-refractivity contribution in [3.8, 4) is 5.75 Å². The van der Waals surface area contributed by atoms with E-state index in [0.717, 1.165) is 73.8 Å². The summed E-state index contributed by atoms with van der Waals surface area (Å²) in [7, 11) is 0. The zero-order valence-electron chi connectivity index (χ0n) is 59.9. The summed E-state index contributed by atoms with van der Waals surface area (Å²) in [6.07, 6.45) is 5.92. The van der Waals surface area contributed by atoms with E-state index in [-0.39, 0.29) is 56.5 Å². The number of aryl methyl sites for hydroxylation is 11. The Balaban J connectivity index is 0.000000584. The molecule has 0 aliphatic rings. The van der Waals surface area contributed by atoms with Crippen molar-refractivity contribution in [3.05, 3.63) is 303 Å². The van der Waals surface area contributed by atoms with Gasteiger partial charge in [-0.3, -0.25) is 26.6 Å². The van der Waals surface area contributed by atoms with Crippen molar-refractivity contribution in [3.63, 3.8) is 0 Å². The number of rotatable bonds is 4. The highest BCUT2D eigenvalue weighted by atomic mass is 35.5. The maximum Gasteiger partial charge on any atom is 0.220 e. The third kappa shape index (κ3) is 37.3. The van der Waals surface area contributed by atoms with Crippen LogP contribution in [0.5, 0.6) is 5.75 Å². The fourth-order valence-corrected chi connectivity index (χ4v) is 8.20. The van der Waals surface area contributed by atoms with Gasteiger partial charge in [0.15, 0.2) is 11.5 Å². The molecule has 0 fully saturated rings. The van der Waals surface area contributed by atoms with Gasteiger partial charge in [-0.2, -0.15) is 0 Å². The normalized spacial score (nSPS) is 9.45. The van der Waals surface area contributed by atoms with E-state index in [9.17, 15) is 13.2 Å². The highest BCUT2D eigenvalue weighted by molar-refractivity contribution is 6.33. The SMILES string of the molecule is Cc1cc(C(=N)N)ccc1N.Cc1cc(C(=N)N)ccc1O.Cc1cc(N)nc(Cl)c1.Cc1cc(N)ncc1F.Cc1ccc(Cl)c(N)n1.Cc1cccc(C(=N)N)c1.Cc1ccnc(Cl)c1.Cc1ccnc(N)n1.Cc1nc(N)c(Cl)cc1F.Cc1nccc(Cl)c1F.[C-]#[N+]c1ccc(C(=N)N)cc1C. The van der Waals surface area contributed by atoms with E-state index < -0.39 is 11.6 Å². The van der Waals surface area contributed by atoms with Crippen molar-refractivity contribution >= 4 is 122 Å². The summed E-state index contributed by atoms with van der Waals surface area (Å²) in [5.74, 6) is 1.05. The van der Waals surface area contributed by atoms with Gasteiger partial charge in [-0.25, -0.2) is 52.9 Å². The molecule has 0 saturated carbocycles. The maximum absolute atomic E-state index is 12.6. The minimum Gasteiger partial charge on any atom is -0.508 e. The van der Waals surface area contributed by atoms with Crippen molar-refractivity contribution in [2.45, 2.75) is 76.2 Å². The highest BCUT2D eigenvalue weighted by Gasteiger charge is 2.06. The third-order valence-electron chi connectivity index (χ3n) is 12.9. The zero-order valence-corrected chi connectivity index (χ0v) is 63.6. The van der Waals surface area contributed by atoms with Crippen LogP contribution in [0.2, 0.25) is 25.4 Å². The number of pyridine rings is 6. The highest BCUT2D eigenvalue weighted by Crippen LogP contribution is 2.22. The number of phenolic OH excluding ortho intramolecular Hbond substituents is 1. The second-order valence-electron chi connectivity index (χ2n) is 22.1. The molecule has 0 amide bonds. The van der Waals surface area contributed by atoms with Crippen molar-refractivity contribution in [1.82, 2.24) is 39.9 Å². The van der Waals surface area contributed by atoms with E-state index in [0.29, 0.717) is 66.8 Å². The summed E-state index contributed by atoms with van der Waals surface area (Å²) in [6, 6.07) is 39.5. The van der Waals surface area contributed by atoms with Crippen LogP contribution in [0.25, 0.3) is 4.85 Å². The van der Waals surface area contributed by atoms with Crippen LogP contribution >= 0.6 is 58.0 Å². The van der Waals surface area contributed by atoms with E-state index in [1.54, 1.807) is 106 Å².